The van der Waals surface area contributed by atoms with E-state index in [4.69, 9.17) is 9.47 Å². The van der Waals surface area contributed by atoms with Crippen molar-refractivity contribution in [1.82, 2.24) is 15.0 Å². The molecule has 0 spiro atoms. The van der Waals surface area contributed by atoms with Crippen molar-refractivity contribution in [2.24, 2.45) is 11.8 Å². The number of ether oxygens (including phenoxy) is 2. The van der Waals surface area contributed by atoms with E-state index in [-0.39, 0.29) is 29.8 Å². The number of carboxylic acid groups (broad SMARTS) is 1. The van der Waals surface area contributed by atoms with Crippen molar-refractivity contribution in [3.05, 3.63) is 65.1 Å². The number of amides is 1. The van der Waals surface area contributed by atoms with Gasteiger partial charge in [-0.05, 0) is 87.1 Å². The minimum Gasteiger partial charge on any atom is -0.497 e. The van der Waals surface area contributed by atoms with Gasteiger partial charge in [-0.25, -0.2) is 15.0 Å². The molecule has 5 rings (SSSR count). The number of carbonyl (C=O) groups excluding carboxylic acids is 1. The average Bonchev–Trinajstić information content (AvgIpc) is 3.86. The topological polar surface area (TPSA) is 118 Å². The van der Waals surface area contributed by atoms with Gasteiger partial charge in [0.2, 0.25) is 11.8 Å². The highest BCUT2D eigenvalue weighted by molar-refractivity contribution is 6.09. The molecule has 10 nitrogen and oxygen atoms in total. The number of piperidine rings is 1. The predicted octanol–water partition coefficient (Wildman–Crippen LogP) is 5.97. The van der Waals surface area contributed by atoms with Gasteiger partial charge in [-0.3, -0.25) is 14.5 Å². The molecule has 246 valence electrons. The zero-order chi connectivity index (χ0) is 33.0. The Bertz CT molecular complexity index is 1540. The average molecular weight is 642 g/mol. The summed E-state index contributed by atoms with van der Waals surface area (Å²) in [6, 6.07) is 10.0. The molecular weight excluding hydrogens is 603 g/mol. The molecule has 1 unspecified atom stereocenters. The first-order valence-corrected chi connectivity index (χ1v) is 15.3. The van der Waals surface area contributed by atoms with Gasteiger partial charge in [-0.1, -0.05) is 0 Å². The number of hydrogen-bond donors (Lipinski definition) is 1. The second-order valence-corrected chi connectivity index (χ2v) is 12.1. The van der Waals surface area contributed by atoms with Crippen molar-refractivity contribution in [1.29, 1.82) is 0 Å². The molecule has 3 aromatic rings. The Morgan fingerprint density at radius 2 is 1.74 bits per heavy atom. The first kappa shape index (κ1) is 33.0. The second-order valence-electron chi connectivity index (χ2n) is 12.1. The van der Waals surface area contributed by atoms with Crippen LogP contribution in [-0.4, -0.2) is 71.5 Å². The van der Waals surface area contributed by atoms with Gasteiger partial charge in [0.25, 0.3) is 5.91 Å². The van der Waals surface area contributed by atoms with E-state index in [1.807, 2.05) is 17.0 Å². The molecule has 1 aromatic carbocycles. The SMILES string of the molecule is COc1ccc(C(=O)N(CC(F)(F)F)c2nc(C)cc(C)n2)c(N2CCC(COc3cc(C(CC(=O)O)C4CC4)ccn3)CC2)c1. The largest absolute Gasteiger partial charge is 0.497 e. The van der Waals surface area contributed by atoms with Crippen LogP contribution < -0.4 is 19.3 Å². The monoisotopic (exact) mass is 641 g/mol. The van der Waals surface area contributed by atoms with Gasteiger partial charge < -0.3 is 19.5 Å². The number of halogens is 3. The molecule has 2 fully saturated rings. The number of benzene rings is 1. The predicted molar refractivity (Wildman–Crippen MR) is 165 cm³/mol. The number of aliphatic carboxylic acids is 1. The molecule has 1 aliphatic heterocycles. The van der Waals surface area contributed by atoms with E-state index in [0.29, 0.717) is 72.1 Å². The number of alkyl halides is 3. The summed E-state index contributed by atoms with van der Waals surface area (Å²) in [6.45, 7) is 3.22. The van der Waals surface area contributed by atoms with Gasteiger partial charge in [0, 0.05) is 42.8 Å². The maximum atomic E-state index is 13.8. The van der Waals surface area contributed by atoms with Gasteiger partial charge in [-0.15, -0.1) is 0 Å². The van der Waals surface area contributed by atoms with Crippen molar-refractivity contribution >= 4 is 23.5 Å². The van der Waals surface area contributed by atoms with Crippen LogP contribution in [0.1, 0.15) is 65.3 Å². The molecule has 0 radical (unpaired) electrons. The number of carbonyl (C=O) groups is 2. The fourth-order valence-corrected chi connectivity index (χ4v) is 5.99. The van der Waals surface area contributed by atoms with Crippen LogP contribution in [0.15, 0.2) is 42.6 Å². The number of carboxylic acids is 1. The molecule has 3 heterocycles. The molecule has 1 atom stereocenters. The number of aryl methyl sites for hydroxylation is 2. The Labute approximate surface area is 265 Å². The number of aromatic nitrogens is 3. The van der Waals surface area contributed by atoms with E-state index in [2.05, 4.69) is 15.0 Å². The third-order valence-electron chi connectivity index (χ3n) is 8.42. The van der Waals surface area contributed by atoms with Crippen LogP contribution in [0.3, 0.4) is 0 Å². The molecule has 1 saturated carbocycles. The maximum absolute atomic E-state index is 13.8. The van der Waals surface area contributed by atoms with E-state index in [9.17, 15) is 27.9 Å². The molecule has 2 aromatic heterocycles. The Hall–Kier alpha value is -4.42. The van der Waals surface area contributed by atoms with Crippen molar-refractivity contribution in [2.75, 3.05) is 43.2 Å². The van der Waals surface area contributed by atoms with E-state index < -0.39 is 24.6 Å². The normalized spacial score (nSPS) is 16.2. The quantitative estimate of drug-likeness (QED) is 0.255. The second kappa shape index (κ2) is 13.9. The first-order valence-electron chi connectivity index (χ1n) is 15.3. The summed E-state index contributed by atoms with van der Waals surface area (Å²) in [5.74, 6) is -0.566. The van der Waals surface area contributed by atoms with Crippen molar-refractivity contribution in [2.45, 2.75) is 58.0 Å². The number of rotatable bonds is 12. The third-order valence-corrected chi connectivity index (χ3v) is 8.42. The number of hydrogen-bond acceptors (Lipinski definition) is 8. The van der Waals surface area contributed by atoms with Gasteiger partial charge in [0.15, 0.2) is 0 Å². The van der Waals surface area contributed by atoms with Gasteiger partial charge in [-0.2, -0.15) is 13.2 Å². The van der Waals surface area contributed by atoms with Crippen LogP contribution in [0.4, 0.5) is 24.8 Å². The summed E-state index contributed by atoms with van der Waals surface area (Å²) in [6.07, 6.45) is 0.515. The summed E-state index contributed by atoms with van der Waals surface area (Å²) in [7, 11) is 1.49. The van der Waals surface area contributed by atoms with E-state index in [1.165, 1.54) is 13.2 Å². The van der Waals surface area contributed by atoms with E-state index in [0.717, 1.165) is 18.4 Å². The summed E-state index contributed by atoms with van der Waals surface area (Å²) in [5, 5.41) is 9.36. The minimum atomic E-state index is -4.68. The number of anilines is 2. The molecule has 1 saturated heterocycles. The van der Waals surface area contributed by atoms with Crippen LogP contribution >= 0.6 is 0 Å². The number of pyridine rings is 1. The fraction of sp³-hybridized carbons (Fsp3) is 0.485. The Balaban J connectivity index is 1.29. The van der Waals surface area contributed by atoms with Crippen molar-refractivity contribution in [3.63, 3.8) is 0 Å². The van der Waals surface area contributed by atoms with Crippen LogP contribution in [0.2, 0.25) is 0 Å². The van der Waals surface area contributed by atoms with Gasteiger partial charge >= 0.3 is 12.1 Å². The van der Waals surface area contributed by atoms with E-state index >= 15 is 0 Å². The highest BCUT2D eigenvalue weighted by Crippen LogP contribution is 2.45. The summed E-state index contributed by atoms with van der Waals surface area (Å²) in [5.41, 5.74) is 2.39. The van der Waals surface area contributed by atoms with Crippen molar-refractivity contribution in [3.8, 4) is 11.6 Å². The number of methoxy groups -OCH3 is 1. The molecule has 2 aliphatic rings. The Kier molecular flexibility index (Phi) is 9.97. The Morgan fingerprint density at radius 1 is 1.04 bits per heavy atom. The van der Waals surface area contributed by atoms with Crippen LogP contribution in [0.5, 0.6) is 11.6 Å². The van der Waals surface area contributed by atoms with Crippen LogP contribution in [-0.2, 0) is 4.79 Å². The first-order chi connectivity index (χ1) is 21.9. The van der Waals surface area contributed by atoms with E-state index in [1.54, 1.807) is 38.2 Å². The maximum Gasteiger partial charge on any atom is 0.406 e. The summed E-state index contributed by atoms with van der Waals surface area (Å²) in [4.78, 5) is 40.4. The Morgan fingerprint density at radius 3 is 2.35 bits per heavy atom. The summed E-state index contributed by atoms with van der Waals surface area (Å²) < 4.78 is 52.6. The minimum absolute atomic E-state index is 0.0561. The zero-order valence-electron chi connectivity index (χ0n) is 26.1. The standard InChI is InChI=1S/C33H38F3N5O5/c1-20-14-21(2)39-32(38-20)41(19-33(34,35)36)31(44)26-7-6-25(45-3)16-28(26)40-12-9-22(10-13-40)18-46-29-15-24(8-11-37-29)27(17-30(42)43)23-4-5-23/h6-8,11,14-16,22-23,27H,4-5,9-10,12-13,17-19H2,1-3H3,(H,42,43). The zero-order valence-corrected chi connectivity index (χ0v) is 26.1. The summed E-state index contributed by atoms with van der Waals surface area (Å²) >= 11 is 0. The molecular formula is C33H38F3N5O5. The third kappa shape index (κ3) is 8.43. The van der Waals surface area contributed by atoms with Crippen LogP contribution in [0.25, 0.3) is 0 Å². The molecule has 46 heavy (non-hydrogen) atoms. The molecule has 0 bridgehead atoms. The molecule has 1 N–H and O–H groups in total. The highest BCUT2D eigenvalue weighted by Gasteiger charge is 2.37. The molecule has 1 aliphatic carbocycles. The molecule has 1 amide bonds. The van der Waals surface area contributed by atoms with Gasteiger partial charge in [0.05, 0.1) is 31.4 Å². The lowest BCUT2D eigenvalue weighted by atomic mass is 9.92. The van der Waals surface area contributed by atoms with Gasteiger partial charge in [0.1, 0.15) is 12.3 Å². The smallest absolute Gasteiger partial charge is 0.406 e. The lowest BCUT2D eigenvalue weighted by Crippen LogP contribution is -2.42. The lowest BCUT2D eigenvalue weighted by Gasteiger charge is -2.35. The fourth-order valence-electron chi connectivity index (χ4n) is 5.99. The van der Waals surface area contributed by atoms with Crippen LogP contribution in [0, 0.1) is 25.7 Å². The number of nitrogens with zero attached hydrogens (tertiary/aromatic N) is 5. The highest BCUT2D eigenvalue weighted by atomic mass is 19.4. The lowest BCUT2D eigenvalue weighted by molar-refractivity contribution is -0.137. The molecule has 13 heteroatoms. The van der Waals surface area contributed by atoms with Crippen molar-refractivity contribution < 1.29 is 37.3 Å².